The molecule has 1 saturated heterocycles. The highest BCUT2D eigenvalue weighted by Crippen LogP contribution is 2.15. The van der Waals surface area contributed by atoms with Gasteiger partial charge in [-0.25, -0.2) is 0 Å². The third kappa shape index (κ3) is 5.10. The second-order valence-electron chi connectivity index (χ2n) is 6.13. The maximum absolute atomic E-state index is 11.8. The quantitative estimate of drug-likeness (QED) is 0.851. The minimum absolute atomic E-state index is 0.0472. The molecule has 4 heteroatoms. The lowest BCUT2D eigenvalue weighted by Crippen LogP contribution is -2.33. The number of hydrogen-bond acceptors (Lipinski definition) is 3. The monoisotopic (exact) mass is 325 g/mol. The van der Waals surface area contributed by atoms with E-state index in [2.05, 4.69) is 17.4 Å². The van der Waals surface area contributed by atoms with Crippen molar-refractivity contribution in [3.8, 4) is 5.75 Å². The van der Waals surface area contributed by atoms with Crippen LogP contribution in [0.1, 0.15) is 17.5 Å². The molecule has 2 aromatic carbocycles. The van der Waals surface area contributed by atoms with E-state index in [1.165, 1.54) is 11.1 Å². The highest BCUT2D eigenvalue weighted by Gasteiger charge is 2.16. The number of rotatable bonds is 7. The van der Waals surface area contributed by atoms with Crippen molar-refractivity contribution in [1.29, 1.82) is 0 Å². The van der Waals surface area contributed by atoms with Crippen LogP contribution in [0.25, 0.3) is 0 Å². The van der Waals surface area contributed by atoms with E-state index in [0.717, 1.165) is 26.1 Å². The number of carbonyl (C=O) groups excluding carboxylic acids is 1. The summed E-state index contributed by atoms with van der Waals surface area (Å²) >= 11 is 0. The molecule has 0 unspecified atom stereocenters. The zero-order valence-electron chi connectivity index (χ0n) is 13.7. The van der Waals surface area contributed by atoms with Crippen molar-refractivity contribution in [3.05, 3.63) is 65.7 Å². The summed E-state index contributed by atoms with van der Waals surface area (Å²) in [6, 6.07) is 18.2. The van der Waals surface area contributed by atoms with Crippen LogP contribution in [-0.2, 0) is 16.0 Å². The smallest absolute Gasteiger partial charge is 0.257 e. The normalized spacial score (nSPS) is 16.8. The van der Waals surface area contributed by atoms with Gasteiger partial charge >= 0.3 is 0 Å². The van der Waals surface area contributed by atoms with Crippen molar-refractivity contribution in [3.63, 3.8) is 0 Å². The number of benzene rings is 2. The van der Waals surface area contributed by atoms with Gasteiger partial charge in [-0.3, -0.25) is 4.79 Å². The number of amides is 1. The summed E-state index contributed by atoms with van der Waals surface area (Å²) in [5.41, 5.74) is 2.50. The third-order valence-corrected chi connectivity index (χ3v) is 4.16. The van der Waals surface area contributed by atoms with Crippen LogP contribution >= 0.6 is 0 Å². The van der Waals surface area contributed by atoms with Crippen molar-refractivity contribution in [1.82, 2.24) is 5.32 Å². The van der Waals surface area contributed by atoms with E-state index in [-0.39, 0.29) is 12.5 Å². The summed E-state index contributed by atoms with van der Waals surface area (Å²) in [4.78, 5) is 11.8. The van der Waals surface area contributed by atoms with E-state index in [1.807, 2.05) is 42.5 Å². The molecular formula is C20H23NO3. The lowest BCUT2D eigenvalue weighted by atomic mass is 10.1. The molecule has 2 aromatic rings. The van der Waals surface area contributed by atoms with Crippen LogP contribution < -0.4 is 10.1 Å². The van der Waals surface area contributed by atoms with Gasteiger partial charge in [-0.2, -0.15) is 0 Å². The van der Waals surface area contributed by atoms with Crippen LogP contribution in [0.15, 0.2) is 54.6 Å². The fourth-order valence-corrected chi connectivity index (χ4v) is 2.74. The second-order valence-corrected chi connectivity index (χ2v) is 6.13. The fourth-order valence-electron chi connectivity index (χ4n) is 2.74. The Balaban J connectivity index is 1.41. The highest BCUT2D eigenvalue weighted by atomic mass is 16.5. The van der Waals surface area contributed by atoms with Crippen molar-refractivity contribution < 1.29 is 14.3 Å². The van der Waals surface area contributed by atoms with E-state index < -0.39 is 0 Å². The van der Waals surface area contributed by atoms with Crippen LogP contribution in [0.5, 0.6) is 5.75 Å². The van der Waals surface area contributed by atoms with Crippen LogP contribution in [0.2, 0.25) is 0 Å². The van der Waals surface area contributed by atoms with Crippen molar-refractivity contribution >= 4 is 5.91 Å². The molecule has 1 aliphatic rings. The Morgan fingerprint density at radius 2 is 1.83 bits per heavy atom. The maximum Gasteiger partial charge on any atom is 0.257 e. The number of nitrogens with one attached hydrogen (secondary N) is 1. The first-order chi connectivity index (χ1) is 11.8. The van der Waals surface area contributed by atoms with Crippen molar-refractivity contribution in [2.75, 3.05) is 26.4 Å². The average molecular weight is 325 g/mol. The Hall–Kier alpha value is -2.33. The first-order valence-electron chi connectivity index (χ1n) is 8.40. The van der Waals surface area contributed by atoms with Gasteiger partial charge in [-0.05, 0) is 36.1 Å². The van der Waals surface area contributed by atoms with Crippen LogP contribution in [0, 0.1) is 5.92 Å². The maximum atomic E-state index is 11.8. The summed E-state index contributed by atoms with van der Waals surface area (Å²) < 4.78 is 10.8. The standard InChI is InChI=1S/C20H23NO3/c22-20(21-13-18-10-11-23-14-18)15-24-19-8-6-17(7-9-19)12-16-4-2-1-3-5-16/h1-9,18H,10-15H2,(H,21,22)/t18-/m0/s1. The molecular weight excluding hydrogens is 302 g/mol. The Morgan fingerprint density at radius 1 is 1.08 bits per heavy atom. The van der Waals surface area contributed by atoms with Crippen LogP contribution in [0.4, 0.5) is 0 Å². The first kappa shape index (κ1) is 16.5. The van der Waals surface area contributed by atoms with Gasteiger partial charge < -0.3 is 14.8 Å². The predicted molar refractivity (Wildman–Crippen MR) is 93.1 cm³/mol. The molecule has 0 bridgehead atoms. The summed E-state index contributed by atoms with van der Waals surface area (Å²) in [7, 11) is 0. The summed E-state index contributed by atoms with van der Waals surface area (Å²) in [5, 5.41) is 2.89. The first-order valence-corrected chi connectivity index (χ1v) is 8.40. The molecule has 0 aromatic heterocycles. The molecule has 0 radical (unpaired) electrons. The van der Waals surface area contributed by atoms with Gasteiger partial charge in [0.1, 0.15) is 5.75 Å². The summed E-state index contributed by atoms with van der Waals surface area (Å²) in [6.07, 6.45) is 1.91. The predicted octanol–water partition coefficient (Wildman–Crippen LogP) is 2.81. The Kier molecular flexibility index (Phi) is 5.85. The van der Waals surface area contributed by atoms with E-state index in [4.69, 9.17) is 9.47 Å². The Labute approximate surface area is 142 Å². The number of ether oxygens (including phenoxy) is 2. The van der Waals surface area contributed by atoms with Gasteiger partial charge in [-0.1, -0.05) is 42.5 Å². The van der Waals surface area contributed by atoms with Crippen LogP contribution in [-0.4, -0.2) is 32.3 Å². The number of carbonyl (C=O) groups is 1. The molecule has 1 N–H and O–H groups in total. The van der Waals surface area contributed by atoms with Gasteiger partial charge in [0.05, 0.1) is 6.61 Å². The summed E-state index contributed by atoms with van der Waals surface area (Å²) in [5.74, 6) is 1.06. The van der Waals surface area contributed by atoms with Crippen molar-refractivity contribution in [2.45, 2.75) is 12.8 Å². The minimum Gasteiger partial charge on any atom is -0.484 e. The van der Waals surface area contributed by atoms with E-state index in [0.29, 0.717) is 18.2 Å². The largest absolute Gasteiger partial charge is 0.484 e. The summed E-state index contributed by atoms with van der Waals surface area (Å²) in [6.45, 7) is 2.25. The Morgan fingerprint density at radius 3 is 2.54 bits per heavy atom. The molecule has 1 amide bonds. The average Bonchev–Trinajstić information content (AvgIpc) is 3.14. The van der Waals surface area contributed by atoms with Gasteiger partial charge in [0, 0.05) is 19.1 Å². The molecule has 1 heterocycles. The molecule has 24 heavy (non-hydrogen) atoms. The second kappa shape index (κ2) is 8.50. The molecule has 0 aliphatic carbocycles. The van der Waals surface area contributed by atoms with Gasteiger partial charge in [-0.15, -0.1) is 0 Å². The molecule has 126 valence electrons. The topological polar surface area (TPSA) is 47.6 Å². The molecule has 1 atom stereocenters. The molecule has 0 saturated carbocycles. The van der Waals surface area contributed by atoms with E-state index in [1.54, 1.807) is 0 Å². The minimum atomic E-state index is -0.0877. The SMILES string of the molecule is O=C(COc1ccc(Cc2ccccc2)cc1)NC[C@@H]1CCOC1. The van der Waals surface area contributed by atoms with E-state index >= 15 is 0 Å². The van der Waals surface area contributed by atoms with Gasteiger partial charge in [0.15, 0.2) is 6.61 Å². The lowest BCUT2D eigenvalue weighted by molar-refractivity contribution is -0.123. The van der Waals surface area contributed by atoms with Gasteiger partial charge in [0.25, 0.3) is 5.91 Å². The fraction of sp³-hybridized carbons (Fsp3) is 0.350. The van der Waals surface area contributed by atoms with Crippen LogP contribution in [0.3, 0.4) is 0 Å². The Bertz CT molecular complexity index is 634. The number of hydrogen-bond donors (Lipinski definition) is 1. The zero-order valence-corrected chi connectivity index (χ0v) is 13.7. The molecule has 3 rings (SSSR count). The van der Waals surface area contributed by atoms with E-state index in [9.17, 15) is 4.79 Å². The molecule has 1 aliphatic heterocycles. The third-order valence-electron chi connectivity index (χ3n) is 4.16. The van der Waals surface area contributed by atoms with Gasteiger partial charge in [0.2, 0.25) is 0 Å². The molecule has 4 nitrogen and oxygen atoms in total. The molecule has 1 fully saturated rings. The highest BCUT2D eigenvalue weighted by molar-refractivity contribution is 5.77. The zero-order chi connectivity index (χ0) is 16.6. The van der Waals surface area contributed by atoms with Crippen molar-refractivity contribution in [2.24, 2.45) is 5.92 Å². The molecule has 0 spiro atoms. The lowest BCUT2D eigenvalue weighted by Gasteiger charge is -2.10.